The molecule has 5 heteroatoms. The van der Waals surface area contributed by atoms with Crippen LogP contribution in [0, 0.1) is 12.7 Å². The van der Waals surface area contributed by atoms with Crippen LogP contribution in [0.1, 0.15) is 5.56 Å². The van der Waals surface area contributed by atoms with Crippen LogP contribution in [-0.2, 0) is 0 Å². The maximum atomic E-state index is 14.1. The molecule has 0 aliphatic heterocycles. The molecule has 21 heavy (non-hydrogen) atoms. The molecule has 2 N–H and O–H groups in total. The quantitative estimate of drug-likeness (QED) is 0.747. The maximum Gasteiger partial charge on any atom is 0.230 e. The summed E-state index contributed by atoms with van der Waals surface area (Å²) in [5.74, 6) is -0.306. The first-order valence-electron chi connectivity index (χ1n) is 6.34. The Morgan fingerprint density at radius 2 is 1.90 bits per heavy atom. The monoisotopic (exact) mass is 302 g/mol. The van der Waals surface area contributed by atoms with Crippen LogP contribution < -0.4 is 5.73 Å². The van der Waals surface area contributed by atoms with Gasteiger partial charge in [0.2, 0.25) is 5.88 Å². The van der Waals surface area contributed by atoms with Gasteiger partial charge >= 0.3 is 0 Å². The molecule has 0 radical (unpaired) electrons. The Bertz CT molecular complexity index is 814. The fourth-order valence-electron chi connectivity index (χ4n) is 2.28. The molecule has 0 aliphatic carbocycles. The van der Waals surface area contributed by atoms with Gasteiger partial charge in [0.15, 0.2) is 0 Å². The smallest absolute Gasteiger partial charge is 0.230 e. The third kappa shape index (κ3) is 2.38. The number of hydrogen-bond donors (Lipinski definition) is 1. The predicted octanol–water partition coefficient (Wildman–Crippen LogP) is 4.69. The van der Waals surface area contributed by atoms with Crippen molar-refractivity contribution in [1.29, 1.82) is 0 Å². The highest BCUT2D eigenvalue weighted by atomic mass is 35.5. The van der Waals surface area contributed by atoms with E-state index in [0.717, 1.165) is 11.1 Å². The molecule has 2 aromatic carbocycles. The summed E-state index contributed by atoms with van der Waals surface area (Å²) in [5.41, 5.74) is 9.01. The van der Waals surface area contributed by atoms with E-state index < -0.39 is 5.82 Å². The van der Waals surface area contributed by atoms with Crippen LogP contribution in [0.5, 0.6) is 0 Å². The van der Waals surface area contributed by atoms with Crippen molar-refractivity contribution >= 4 is 17.5 Å². The molecule has 3 rings (SSSR count). The molecular weight excluding hydrogens is 291 g/mol. The summed E-state index contributed by atoms with van der Waals surface area (Å²) in [6.07, 6.45) is 0. The molecule has 1 aromatic heterocycles. The molecule has 0 aliphatic rings. The highest BCUT2D eigenvalue weighted by Gasteiger charge is 2.21. The van der Waals surface area contributed by atoms with Crippen molar-refractivity contribution in [1.82, 2.24) is 5.16 Å². The van der Waals surface area contributed by atoms with Crippen LogP contribution in [0.25, 0.3) is 22.4 Å². The topological polar surface area (TPSA) is 52.0 Å². The minimum absolute atomic E-state index is 0.161. The van der Waals surface area contributed by atoms with Crippen molar-refractivity contribution in [3.8, 4) is 22.4 Å². The maximum absolute atomic E-state index is 14.1. The van der Waals surface area contributed by atoms with Crippen LogP contribution in [0.3, 0.4) is 0 Å². The summed E-state index contributed by atoms with van der Waals surface area (Å²) in [7, 11) is 0. The highest BCUT2D eigenvalue weighted by Crippen LogP contribution is 2.38. The fourth-order valence-corrected chi connectivity index (χ4v) is 2.44. The van der Waals surface area contributed by atoms with Gasteiger partial charge in [0.05, 0.1) is 5.56 Å². The van der Waals surface area contributed by atoms with E-state index >= 15 is 0 Å². The number of nitrogens with zero attached hydrogens (tertiary/aromatic N) is 1. The molecular formula is C16H12ClFN2O. The Balaban J connectivity index is 2.25. The van der Waals surface area contributed by atoms with Gasteiger partial charge in [-0.2, -0.15) is 0 Å². The van der Waals surface area contributed by atoms with Crippen molar-refractivity contribution < 1.29 is 8.91 Å². The van der Waals surface area contributed by atoms with Gasteiger partial charge in [-0.3, -0.25) is 0 Å². The molecule has 0 saturated heterocycles. The number of nitrogen functional groups attached to an aromatic ring is 1. The van der Waals surface area contributed by atoms with Crippen LogP contribution in [0.15, 0.2) is 47.0 Å². The zero-order chi connectivity index (χ0) is 15.0. The largest absolute Gasteiger partial charge is 0.367 e. The lowest BCUT2D eigenvalue weighted by Crippen LogP contribution is -1.92. The first-order chi connectivity index (χ1) is 10.1. The molecule has 106 valence electrons. The SMILES string of the molecule is Cc1ccccc1-c1c(-c2ccc(Cl)cc2F)noc1N. The minimum atomic E-state index is -0.467. The van der Waals surface area contributed by atoms with Gasteiger partial charge < -0.3 is 10.3 Å². The number of anilines is 1. The lowest BCUT2D eigenvalue weighted by molar-refractivity contribution is 0.439. The first kappa shape index (κ1) is 13.6. The lowest BCUT2D eigenvalue weighted by Gasteiger charge is -2.07. The van der Waals surface area contributed by atoms with Gasteiger partial charge in [0.1, 0.15) is 11.5 Å². The van der Waals surface area contributed by atoms with Gasteiger partial charge in [0, 0.05) is 10.6 Å². The summed E-state index contributed by atoms with van der Waals surface area (Å²) in [6.45, 7) is 1.95. The molecule has 0 atom stereocenters. The van der Waals surface area contributed by atoms with E-state index in [4.69, 9.17) is 21.9 Å². The van der Waals surface area contributed by atoms with E-state index in [1.165, 1.54) is 6.07 Å². The molecule has 0 spiro atoms. The van der Waals surface area contributed by atoms with Gasteiger partial charge in [-0.15, -0.1) is 0 Å². The van der Waals surface area contributed by atoms with Crippen LogP contribution in [-0.4, -0.2) is 5.16 Å². The van der Waals surface area contributed by atoms with E-state index in [1.807, 2.05) is 31.2 Å². The average molecular weight is 303 g/mol. The van der Waals surface area contributed by atoms with Crippen molar-refractivity contribution in [2.24, 2.45) is 0 Å². The lowest BCUT2D eigenvalue weighted by atomic mass is 9.97. The fraction of sp³-hybridized carbons (Fsp3) is 0.0625. The van der Waals surface area contributed by atoms with Gasteiger partial charge in [-0.05, 0) is 36.2 Å². The summed E-state index contributed by atoms with van der Waals surface area (Å²) < 4.78 is 19.2. The average Bonchev–Trinajstić information content (AvgIpc) is 2.81. The molecule has 0 amide bonds. The third-order valence-corrected chi connectivity index (χ3v) is 3.55. The predicted molar refractivity (Wildman–Crippen MR) is 81.5 cm³/mol. The molecule has 3 aromatic rings. The summed E-state index contributed by atoms with van der Waals surface area (Å²) in [4.78, 5) is 0. The number of nitrogens with two attached hydrogens (primary N) is 1. The van der Waals surface area contributed by atoms with E-state index in [9.17, 15) is 4.39 Å². The first-order valence-corrected chi connectivity index (χ1v) is 6.72. The Morgan fingerprint density at radius 1 is 1.14 bits per heavy atom. The molecule has 1 heterocycles. The van der Waals surface area contributed by atoms with E-state index in [-0.39, 0.29) is 5.88 Å². The summed E-state index contributed by atoms with van der Waals surface area (Å²) in [5, 5.41) is 4.24. The number of aryl methyl sites for hydroxylation is 1. The second-order valence-electron chi connectivity index (χ2n) is 4.71. The molecule has 0 saturated carbocycles. The van der Waals surface area contributed by atoms with Crippen molar-refractivity contribution in [2.75, 3.05) is 5.73 Å². The number of halogens is 2. The second kappa shape index (κ2) is 5.22. The van der Waals surface area contributed by atoms with E-state index in [0.29, 0.717) is 21.8 Å². The zero-order valence-electron chi connectivity index (χ0n) is 11.2. The Labute approximate surface area is 126 Å². The van der Waals surface area contributed by atoms with Crippen LogP contribution >= 0.6 is 11.6 Å². The van der Waals surface area contributed by atoms with Crippen LogP contribution in [0.2, 0.25) is 5.02 Å². The zero-order valence-corrected chi connectivity index (χ0v) is 12.0. The summed E-state index contributed by atoms with van der Waals surface area (Å²) in [6, 6.07) is 12.1. The molecule has 0 unspecified atom stereocenters. The third-order valence-electron chi connectivity index (χ3n) is 3.32. The van der Waals surface area contributed by atoms with Gasteiger partial charge in [-0.1, -0.05) is 41.0 Å². The van der Waals surface area contributed by atoms with Crippen molar-refractivity contribution in [3.05, 3.63) is 58.9 Å². The Morgan fingerprint density at radius 3 is 2.62 bits per heavy atom. The number of hydrogen-bond acceptors (Lipinski definition) is 3. The standard InChI is InChI=1S/C16H12ClFN2O/c1-9-4-2-3-5-11(9)14-15(20-21-16(14)19)12-7-6-10(17)8-13(12)18/h2-8H,19H2,1H3. The Kier molecular flexibility index (Phi) is 3.39. The van der Waals surface area contributed by atoms with Gasteiger partial charge in [-0.25, -0.2) is 4.39 Å². The highest BCUT2D eigenvalue weighted by molar-refractivity contribution is 6.30. The summed E-state index contributed by atoms with van der Waals surface area (Å²) >= 11 is 5.78. The van der Waals surface area contributed by atoms with Crippen LogP contribution in [0.4, 0.5) is 10.3 Å². The van der Waals surface area contributed by atoms with Crippen molar-refractivity contribution in [2.45, 2.75) is 6.92 Å². The van der Waals surface area contributed by atoms with E-state index in [1.54, 1.807) is 12.1 Å². The number of benzene rings is 2. The number of aromatic nitrogens is 1. The minimum Gasteiger partial charge on any atom is -0.367 e. The normalized spacial score (nSPS) is 10.8. The Hall–Kier alpha value is -2.33. The second-order valence-corrected chi connectivity index (χ2v) is 5.15. The van der Waals surface area contributed by atoms with Gasteiger partial charge in [0.25, 0.3) is 0 Å². The van der Waals surface area contributed by atoms with E-state index in [2.05, 4.69) is 5.16 Å². The molecule has 0 bridgehead atoms. The number of rotatable bonds is 2. The van der Waals surface area contributed by atoms with Crippen molar-refractivity contribution in [3.63, 3.8) is 0 Å². The molecule has 0 fully saturated rings. The molecule has 3 nitrogen and oxygen atoms in total.